The second-order valence-corrected chi connectivity index (χ2v) is 7.98. The molecule has 4 rings (SSSR count). The van der Waals surface area contributed by atoms with Crippen molar-refractivity contribution in [2.45, 2.75) is 26.4 Å². The first-order chi connectivity index (χ1) is 16.7. The molecule has 34 heavy (non-hydrogen) atoms. The van der Waals surface area contributed by atoms with E-state index in [0.29, 0.717) is 26.2 Å². The number of hydrogen-bond acceptors (Lipinski definition) is 4. The van der Waals surface area contributed by atoms with Crippen molar-refractivity contribution < 1.29 is 19.0 Å². The van der Waals surface area contributed by atoms with Gasteiger partial charge in [0, 0.05) is 13.0 Å². The van der Waals surface area contributed by atoms with Gasteiger partial charge in [-0.3, -0.25) is 0 Å². The lowest BCUT2D eigenvalue weighted by atomic mass is 9.93. The lowest BCUT2D eigenvalue weighted by molar-refractivity contribution is -0.156. The first-order valence-electron chi connectivity index (χ1n) is 11.8. The number of esters is 1. The Bertz CT molecular complexity index is 1120. The third-order valence-electron chi connectivity index (χ3n) is 5.74. The molecule has 0 aromatic heterocycles. The molecule has 0 spiro atoms. The van der Waals surface area contributed by atoms with Gasteiger partial charge in [0.2, 0.25) is 0 Å². The highest BCUT2D eigenvalue weighted by atomic mass is 16.6. The van der Waals surface area contributed by atoms with E-state index in [1.54, 1.807) is 6.92 Å². The SMILES string of the molecule is CCOC(=O)C(Cc1ccc(OCC=C2c3ccccc3C=Cc3ccccc32)cc1)OCC. The minimum atomic E-state index is -0.592. The molecule has 0 aliphatic heterocycles. The van der Waals surface area contributed by atoms with Gasteiger partial charge in [-0.25, -0.2) is 4.79 Å². The Morgan fingerprint density at radius 2 is 1.44 bits per heavy atom. The fourth-order valence-electron chi connectivity index (χ4n) is 4.12. The van der Waals surface area contributed by atoms with Gasteiger partial charge in [0.15, 0.2) is 6.10 Å². The molecule has 0 saturated heterocycles. The summed E-state index contributed by atoms with van der Waals surface area (Å²) in [7, 11) is 0. The molecule has 0 bridgehead atoms. The molecular weight excluding hydrogens is 424 g/mol. The lowest BCUT2D eigenvalue weighted by Gasteiger charge is -2.16. The van der Waals surface area contributed by atoms with Crippen LogP contribution in [0.15, 0.2) is 78.9 Å². The standard InChI is InChI=1S/C30H30O4/c1-3-32-29(30(31)33-4-2)21-22-13-17-25(18-14-22)34-20-19-28-26-11-7-5-9-23(26)15-16-24-10-6-8-12-27(24)28/h5-19,29H,3-4,20-21H2,1-2H3. The van der Waals surface area contributed by atoms with Gasteiger partial charge in [0.25, 0.3) is 0 Å². The summed E-state index contributed by atoms with van der Waals surface area (Å²) in [6.07, 6.45) is 6.36. The zero-order chi connectivity index (χ0) is 23.8. The zero-order valence-electron chi connectivity index (χ0n) is 19.7. The molecule has 0 heterocycles. The predicted octanol–water partition coefficient (Wildman–Crippen LogP) is 6.19. The topological polar surface area (TPSA) is 44.8 Å². The van der Waals surface area contributed by atoms with Crippen LogP contribution in [0.4, 0.5) is 0 Å². The maximum atomic E-state index is 12.1. The molecule has 1 atom stereocenters. The largest absolute Gasteiger partial charge is 0.490 e. The Balaban J connectivity index is 1.47. The molecule has 1 aliphatic rings. The van der Waals surface area contributed by atoms with Crippen LogP contribution in [0.5, 0.6) is 5.75 Å². The Kier molecular flexibility index (Phi) is 7.95. The number of rotatable bonds is 9. The van der Waals surface area contributed by atoms with Gasteiger partial charge in [0.1, 0.15) is 12.4 Å². The first-order valence-corrected chi connectivity index (χ1v) is 11.8. The van der Waals surface area contributed by atoms with E-state index in [1.807, 2.05) is 31.2 Å². The molecule has 3 aromatic carbocycles. The van der Waals surface area contributed by atoms with Crippen LogP contribution in [0.3, 0.4) is 0 Å². The summed E-state index contributed by atoms with van der Waals surface area (Å²) in [6.45, 7) is 4.92. The van der Waals surface area contributed by atoms with E-state index in [0.717, 1.165) is 11.3 Å². The summed E-state index contributed by atoms with van der Waals surface area (Å²) >= 11 is 0. The second-order valence-electron chi connectivity index (χ2n) is 7.98. The molecule has 0 N–H and O–H groups in total. The summed E-state index contributed by atoms with van der Waals surface area (Å²) in [5.41, 5.74) is 6.95. The average molecular weight is 455 g/mol. The smallest absolute Gasteiger partial charge is 0.335 e. The summed E-state index contributed by atoms with van der Waals surface area (Å²) in [4.78, 5) is 12.1. The predicted molar refractivity (Wildman–Crippen MR) is 137 cm³/mol. The summed E-state index contributed by atoms with van der Waals surface area (Å²) in [5, 5.41) is 0. The quantitative estimate of drug-likeness (QED) is 0.283. The fraction of sp³-hybridized carbons (Fsp3) is 0.233. The minimum Gasteiger partial charge on any atom is -0.490 e. The van der Waals surface area contributed by atoms with E-state index in [4.69, 9.17) is 14.2 Å². The molecule has 0 fully saturated rings. The van der Waals surface area contributed by atoms with E-state index in [9.17, 15) is 4.79 Å². The fourth-order valence-corrected chi connectivity index (χ4v) is 4.12. The van der Waals surface area contributed by atoms with Gasteiger partial charge in [-0.05, 0) is 65.4 Å². The van der Waals surface area contributed by atoms with Crippen molar-refractivity contribution in [3.05, 3.63) is 107 Å². The van der Waals surface area contributed by atoms with Gasteiger partial charge in [-0.1, -0.05) is 72.8 Å². The highest BCUT2D eigenvalue weighted by Gasteiger charge is 2.20. The highest BCUT2D eigenvalue weighted by molar-refractivity contribution is 5.93. The van der Waals surface area contributed by atoms with Crippen LogP contribution in [0.25, 0.3) is 17.7 Å². The monoisotopic (exact) mass is 454 g/mol. The van der Waals surface area contributed by atoms with E-state index < -0.39 is 6.10 Å². The van der Waals surface area contributed by atoms with Crippen molar-refractivity contribution in [3.8, 4) is 5.75 Å². The van der Waals surface area contributed by atoms with Gasteiger partial charge in [-0.2, -0.15) is 0 Å². The minimum absolute atomic E-state index is 0.324. The molecule has 0 amide bonds. The highest BCUT2D eigenvalue weighted by Crippen LogP contribution is 2.33. The Labute approximate surface area is 201 Å². The molecule has 4 nitrogen and oxygen atoms in total. The molecule has 4 heteroatoms. The molecular formula is C30H30O4. The third-order valence-corrected chi connectivity index (χ3v) is 5.74. The number of benzene rings is 3. The van der Waals surface area contributed by atoms with Gasteiger partial charge < -0.3 is 14.2 Å². The number of fused-ring (bicyclic) bond motifs is 2. The molecule has 3 aromatic rings. The van der Waals surface area contributed by atoms with Crippen LogP contribution in [0.1, 0.15) is 41.7 Å². The van der Waals surface area contributed by atoms with Crippen molar-refractivity contribution in [1.82, 2.24) is 0 Å². The van der Waals surface area contributed by atoms with Crippen LogP contribution in [-0.2, 0) is 20.7 Å². The lowest BCUT2D eigenvalue weighted by Crippen LogP contribution is -2.28. The Hall–Kier alpha value is -3.63. The Morgan fingerprint density at radius 3 is 2.03 bits per heavy atom. The maximum Gasteiger partial charge on any atom is 0.335 e. The molecule has 0 saturated carbocycles. The average Bonchev–Trinajstić information content (AvgIpc) is 3.02. The Morgan fingerprint density at radius 1 is 0.824 bits per heavy atom. The number of carbonyl (C=O) groups is 1. The van der Waals surface area contributed by atoms with Crippen molar-refractivity contribution in [1.29, 1.82) is 0 Å². The second kappa shape index (κ2) is 11.5. The van der Waals surface area contributed by atoms with E-state index in [1.165, 1.54) is 27.8 Å². The van der Waals surface area contributed by atoms with Crippen LogP contribution < -0.4 is 4.74 Å². The molecule has 1 unspecified atom stereocenters. The van der Waals surface area contributed by atoms with Crippen molar-refractivity contribution in [2.75, 3.05) is 19.8 Å². The van der Waals surface area contributed by atoms with Crippen LogP contribution in [0.2, 0.25) is 0 Å². The van der Waals surface area contributed by atoms with Gasteiger partial charge >= 0.3 is 5.97 Å². The van der Waals surface area contributed by atoms with Gasteiger partial charge in [-0.15, -0.1) is 0 Å². The van der Waals surface area contributed by atoms with Crippen LogP contribution >= 0.6 is 0 Å². The molecule has 0 radical (unpaired) electrons. The zero-order valence-corrected chi connectivity index (χ0v) is 19.7. The van der Waals surface area contributed by atoms with Crippen LogP contribution in [-0.4, -0.2) is 31.9 Å². The number of carbonyl (C=O) groups excluding carboxylic acids is 1. The van der Waals surface area contributed by atoms with E-state index in [-0.39, 0.29) is 5.97 Å². The van der Waals surface area contributed by atoms with E-state index >= 15 is 0 Å². The normalized spacial score (nSPS) is 12.8. The van der Waals surface area contributed by atoms with E-state index in [2.05, 4.69) is 66.8 Å². The maximum absolute atomic E-state index is 12.1. The van der Waals surface area contributed by atoms with Crippen molar-refractivity contribution in [3.63, 3.8) is 0 Å². The summed E-state index contributed by atoms with van der Waals surface area (Å²) < 4.78 is 16.7. The first kappa shape index (κ1) is 23.5. The van der Waals surface area contributed by atoms with Crippen molar-refractivity contribution >= 4 is 23.7 Å². The van der Waals surface area contributed by atoms with Crippen molar-refractivity contribution in [2.24, 2.45) is 0 Å². The summed E-state index contributed by atoms with van der Waals surface area (Å²) in [6, 6.07) is 24.6. The number of ether oxygens (including phenoxy) is 3. The third kappa shape index (κ3) is 5.64. The van der Waals surface area contributed by atoms with Crippen LogP contribution in [0, 0.1) is 0 Å². The number of hydrogen-bond donors (Lipinski definition) is 0. The summed E-state index contributed by atoms with van der Waals surface area (Å²) in [5.74, 6) is 0.452. The molecule has 174 valence electrons. The molecule has 1 aliphatic carbocycles. The van der Waals surface area contributed by atoms with Gasteiger partial charge in [0.05, 0.1) is 6.61 Å².